The van der Waals surface area contributed by atoms with E-state index in [-0.39, 0.29) is 5.91 Å². The zero-order valence-corrected chi connectivity index (χ0v) is 15.5. The van der Waals surface area contributed by atoms with Crippen LogP contribution in [0.3, 0.4) is 0 Å². The molecule has 0 unspecified atom stereocenters. The van der Waals surface area contributed by atoms with Gasteiger partial charge in [-0.05, 0) is 24.1 Å². The van der Waals surface area contributed by atoms with Crippen molar-refractivity contribution in [3.05, 3.63) is 76.5 Å². The first-order chi connectivity index (χ1) is 12.2. The van der Waals surface area contributed by atoms with Crippen LogP contribution in [-0.4, -0.2) is 15.9 Å². The van der Waals surface area contributed by atoms with E-state index in [1.807, 2.05) is 61.5 Å². The number of benzene rings is 2. The van der Waals surface area contributed by atoms with Crippen LogP contribution in [0.15, 0.2) is 65.3 Å². The van der Waals surface area contributed by atoms with Gasteiger partial charge in [0, 0.05) is 10.0 Å². The average Bonchev–Trinajstić information content (AvgIpc) is 2.64. The van der Waals surface area contributed by atoms with Crippen LogP contribution in [0.4, 0.5) is 5.82 Å². The molecule has 25 heavy (non-hydrogen) atoms. The Morgan fingerprint density at radius 3 is 2.48 bits per heavy atom. The summed E-state index contributed by atoms with van der Waals surface area (Å²) < 4.78 is 0.993. The highest BCUT2D eigenvalue weighted by Gasteiger charge is 2.11. The molecule has 0 atom stereocenters. The van der Waals surface area contributed by atoms with Gasteiger partial charge in [-0.3, -0.25) is 4.79 Å². The number of aromatic nitrogens is 2. The lowest BCUT2D eigenvalue weighted by molar-refractivity contribution is -0.115. The second-order valence-corrected chi connectivity index (χ2v) is 6.54. The molecule has 3 rings (SSSR count). The van der Waals surface area contributed by atoms with E-state index in [1.54, 1.807) is 6.20 Å². The molecule has 0 aliphatic heterocycles. The molecular weight excluding hydrogens is 378 g/mol. The van der Waals surface area contributed by atoms with Crippen molar-refractivity contribution in [2.75, 3.05) is 5.32 Å². The molecule has 0 aliphatic rings. The highest BCUT2D eigenvalue weighted by atomic mass is 79.9. The predicted molar refractivity (Wildman–Crippen MR) is 103 cm³/mol. The number of amides is 1. The second-order valence-electron chi connectivity index (χ2n) is 5.62. The van der Waals surface area contributed by atoms with Gasteiger partial charge in [0.05, 0.1) is 24.0 Å². The Kier molecular flexibility index (Phi) is 5.56. The van der Waals surface area contributed by atoms with Gasteiger partial charge >= 0.3 is 0 Å². The Hall–Kier alpha value is -2.53. The van der Waals surface area contributed by atoms with Crippen molar-refractivity contribution in [3.8, 4) is 11.3 Å². The molecule has 0 aliphatic carbocycles. The Labute approximate surface area is 155 Å². The number of hydrogen-bond donors (Lipinski definition) is 1. The third-order valence-corrected chi connectivity index (χ3v) is 4.31. The largest absolute Gasteiger partial charge is 0.309 e. The SMILES string of the molecule is CCc1nc(-c2ccccc2)cnc1NC(=O)Cc1ccc(Br)cc1. The van der Waals surface area contributed by atoms with E-state index < -0.39 is 0 Å². The molecule has 1 amide bonds. The fourth-order valence-corrected chi connectivity index (χ4v) is 2.75. The lowest BCUT2D eigenvalue weighted by atomic mass is 10.1. The van der Waals surface area contributed by atoms with Crippen molar-refractivity contribution >= 4 is 27.7 Å². The summed E-state index contributed by atoms with van der Waals surface area (Å²) in [5, 5.41) is 2.88. The Morgan fingerprint density at radius 1 is 1.08 bits per heavy atom. The summed E-state index contributed by atoms with van der Waals surface area (Å²) in [6.07, 6.45) is 2.70. The standard InChI is InChI=1S/C20H18BrN3O/c1-2-17-20(22-13-18(23-17)15-6-4-3-5-7-15)24-19(25)12-14-8-10-16(21)11-9-14/h3-11,13H,2,12H2,1H3,(H,22,24,25). The maximum Gasteiger partial charge on any atom is 0.229 e. The predicted octanol–water partition coefficient (Wildman–Crippen LogP) is 4.65. The number of nitrogens with one attached hydrogen (secondary N) is 1. The summed E-state index contributed by atoms with van der Waals surface area (Å²) in [7, 11) is 0. The number of halogens is 1. The van der Waals surface area contributed by atoms with Gasteiger partial charge in [0.25, 0.3) is 0 Å². The lowest BCUT2D eigenvalue weighted by Crippen LogP contribution is -2.17. The molecule has 1 aromatic heterocycles. The molecule has 5 heteroatoms. The van der Waals surface area contributed by atoms with Crippen LogP contribution in [0, 0.1) is 0 Å². The van der Waals surface area contributed by atoms with Crippen molar-refractivity contribution in [1.29, 1.82) is 0 Å². The number of hydrogen-bond acceptors (Lipinski definition) is 3. The quantitative estimate of drug-likeness (QED) is 0.683. The van der Waals surface area contributed by atoms with E-state index in [0.717, 1.165) is 27.0 Å². The minimum atomic E-state index is -0.0983. The van der Waals surface area contributed by atoms with Crippen LogP contribution < -0.4 is 5.32 Å². The summed E-state index contributed by atoms with van der Waals surface area (Å²) in [4.78, 5) is 21.4. The Balaban J connectivity index is 1.75. The molecule has 0 spiro atoms. The smallest absolute Gasteiger partial charge is 0.229 e. The first-order valence-corrected chi connectivity index (χ1v) is 8.90. The van der Waals surface area contributed by atoms with Crippen LogP contribution in [-0.2, 0) is 17.6 Å². The first kappa shape index (κ1) is 17.3. The number of carbonyl (C=O) groups is 1. The van der Waals surface area contributed by atoms with Gasteiger partial charge in [0.15, 0.2) is 5.82 Å². The van der Waals surface area contributed by atoms with Crippen LogP contribution in [0.25, 0.3) is 11.3 Å². The third-order valence-electron chi connectivity index (χ3n) is 3.78. The molecule has 4 nitrogen and oxygen atoms in total. The number of aryl methyl sites for hydroxylation is 1. The van der Waals surface area contributed by atoms with Crippen molar-refractivity contribution in [2.45, 2.75) is 19.8 Å². The Morgan fingerprint density at radius 2 is 1.80 bits per heavy atom. The van der Waals surface area contributed by atoms with Crippen molar-refractivity contribution in [1.82, 2.24) is 9.97 Å². The molecule has 0 radical (unpaired) electrons. The molecule has 0 saturated heterocycles. The minimum absolute atomic E-state index is 0.0983. The van der Waals surface area contributed by atoms with Crippen LogP contribution in [0.1, 0.15) is 18.2 Å². The number of nitrogens with zero attached hydrogens (tertiary/aromatic N) is 2. The minimum Gasteiger partial charge on any atom is -0.309 e. The average molecular weight is 396 g/mol. The molecule has 0 saturated carbocycles. The lowest BCUT2D eigenvalue weighted by Gasteiger charge is -2.10. The van der Waals surface area contributed by atoms with Crippen molar-refractivity contribution in [2.24, 2.45) is 0 Å². The molecule has 126 valence electrons. The summed E-state index contributed by atoms with van der Waals surface area (Å²) in [6.45, 7) is 2.00. The van der Waals surface area contributed by atoms with Crippen LogP contribution in [0.2, 0.25) is 0 Å². The van der Waals surface area contributed by atoms with E-state index in [0.29, 0.717) is 18.7 Å². The number of carbonyl (C=O) groups excluding carboxylic acids is 1. The fraction of sp³-hybridized carbons (Fsp3) is 0.150. The van der Waals surface area contributed by atoms with Crippen LogP contribution in [0.5, 0.6) is 0 Å². The van der Waals surface area contributed by atoms with E-state index >= 15 is 0 Å². The molecule has 0 bridgehead atoms. The molecule has 0 fully saturated rings. The molecule has 2 aromatic carbocycles. The molecule has 1 N–H and O–H groups in total. The van der Waals surface area contributed by atoms with E-state index in [4.69, 9.17) is 0 Å². The highest BCUT2D eigenvalue weighted by Crippen LogP contribution is 2.20. The monoisotopic (exact) mass is 395 g/mol. The first-order valence-electron chi connectivity index (χ1n) is 8.11. The number of anilines is 1. The second kappa shape index (κ2) is 8.03. The summed E-state index contributed by atoms with van der Waals surface area (Å²) >= 11 is 3.39. The summed E-state index contributed by atoms with van der Waals surface area (Å²) in [5.41, 5.74) is 3.55. The molecular formula is C20H18BrN3O. The zero-order chi connectivity index (χ0) is 17.6. The normalized spacial score (nSPS) is 10.5. The van der Waals surface area contributed by atoms with Gasteiger partial charge in [-0.2, -0.15) is 0 Å². The van der Waals surface area contributed by atoms with Gasteiger partial charge in [0.1, 0.15) is 0 Å². The van der Waals surface area contributed by atoms with Gasteiger partial charge in [-0.15, -0.1) is 0 Å². The third kappa shape index (κ3) is 4.51. The molecule has 1 heterocycles. The summed E-state index contributed by atoms with van der Waals surface area (Å²) in [6, 6.07) is 17.6. The maximum absolute atomic E-state index is 12.3. The fourth-order valence-electron chi connectivity index (χ4n) is 2.49. The van der Waals surface area contributed by atoms with Gasteiger partial charge < -0.3 is 5.32 Å². The topological polar surface area (TPSA) is 54.9 Å². The van der Waals surface area contributed by atoms with Crippen LogP contribution >= 0.6 is 15.9 Å². The Bertz CT molecular complexity index is 864. The summed E-state index contributed by atoms with van der Waals surface area (Å²) in [5.74, 6) is 0.433. The number of rotatable bonds is 5. The van der Waals surface area contributed by atoms with Crippen molar-refractivity contribution in [3.63, 3.8) is 0 Å². The highest BCUT2D eigenvalue weighted by molar-refractivity contribution is 9.10. The van der Waals surface area contributed by atoms with E-state index in [2.05, 4.69) is 31.2 Å². The van der Waals surface area contributed by atoms with Gasteiger partial charge in [0.2, 0.25) is 5.91 Å². The van der Waals surface area contributed by atoms with E-state index in [9.17, 15) is 4.79 Å². The molecule has 3 aromatic rings. The zero-order valence-electron chi connectivity index (χ0n) is 13.9. The van der Waals surface area contributed by atoms with E-state index in [1.165, 1.54) is 0 Å². The van der Waals surface area contributed by atoms with Gasteiger partial charge in [-0.25, -0.2) is 9.97 Å². The van der Waals surface area contributed by atoms with Gasteiger partial charge in [-0.1, -0.05) is 65.3 Å². The van der Waals surface area contributed by atoms with Crippen molar-refractivity contribution < 1.29 is 4.79 Å². The maximum atomic E-state index is 12.3.